The van der Waals surface area contributed by atoms with Gasteiger partial charge in [0.25, 0.3) is 0 Å². The minimum atomic E-state index is 0.809. The van der Waals surface area contributed by atoms with E-state index >= 15 is 0 Å². The molecular weight excluding hydrogens is 230 g/mol. The molecule has 3 N–H and O–H groups in total. The van der Waals surface area contributed by atoms with E-state index in [1.165, 1.54) is 31.4 Å². The van der Waals surface area contributed by atoms with E-state index < -0.39 is 0 Å². The number of aromatic nitrogens is 1. The molecule has 1 heterocycles. The van der Waals surface area contributed by atoms with Crippen molar-refractivity contribution in [3.05, 3.63) is 16.1 Å². The van der Waals surface area contributed by atoms with Crippen LogP contribution in [0.2, 0.25) is 0 Å². The van der Waals surface area contributed by atoms with Gasteiger partial charge in [-0.25, -0.2) is 4.98 Å². The van der Waals surface area contributed by atoms with Crippen molar-refractivity contribution in [3.8, 4) is 0 Å². The Bertz CT molecular complexity index is 299. The number of thiazole rings is 1. The Kier molecular flexibility index (Phi) is 7.40. The summed E-state index contributed by atoms with van der Waals surface area (Å²) in [4.78, 5) is 4.43. The first-order valence-corrected chi connectivity index (χ1v) is 7.46. The lowest BCUT2D eigenvalue weighted by Crippen LogP contribution is -2.16. The third-order valence-electron chi connectivity index (χ3n) is 3.09. The van der Waals surface area contributed by atoms with Gasteiger partial charge >= 0.3 is 0 Å². The van der Waals surface area contributed by atoms with Gasteiger partial charge in [-0.15, -0.1) is 11.3 Å². The number of nitrogens with zero attached hydrogens (tertiary/aromatic N) is 1. The number of nitrogens with one attached hydrogen (secondary N) is 1. The van der Waals surface area contributed by atoms with Gasteiger partial charge in [-0.3, -0.25) is 0 Å². The number of nitrogens with two attached hydrogens (primary N) is 1. The van der Waals surface area contributed by atoms with Crippen molar-refractivity contribution in [2.24, 2.45) is 11.7 Å². The summed E-state index contributed by atoms with van der Waals surface area (Å²) in [7, 11) is 0. The van der Waals surface area contributed by atoms with Crippen molar-refractivity contribution in [1.29, 1.82) is 0 Å². The van der Waals surface area contributed by atoms with E-state index in [1.807, 2.05) is 6.92 Å². The van der Waals surface area contributed by atoms with Crippen molar-refractivity contribution in [3.63, 3.8) is 0 Å². The Balaban J connectivity index is 2.04. The molecule has 0 saturated heterocycles. The molecule has 0 aromatic carbocycles. The second kappa shape index (κ2) is 8.61. The smallest absolute Gasteiger partial charge is 0.0897 e. The second-order valence-corrected chi connectivity index (χ2v) is 5.59. The summed E-state index contributed by atoms with van der Waals surface area (Å²) in [5.41, 5.74) is 6.76. The minimum absolute atomic E-state index is 0.809. The molecule has 0 saturated carbocycles. The van der Waals surface area contributed by atoms with Crippen molar-refractivity contribution in [2.75, 3.05) is 13.1 Å². The van der Waals surface area contributed by atoms with Crippen molar-refractivity contribution in [1.82, 2.24) is 10.3 Å². The normalized spacial score (nSPS) is 12.9. The minimum Gasteiger partial charge on any atom is -0.330 e. The summed E-state index contributed by atoms with van der Waals surface area (Å²) >= 11 is 1.72. The Labute approximate surface area is 109 Å². The highest BCUT2D eigenvalue weighted by atomic mass is 32.1. The van der Waals surface area contributed by atoms with Crippen LogP contribution < -0.4 is 11.1 Å². The molecule has 1 rings (SSSR count). The highest BCUT2D eigenvalue weighted by Gasteiger charge is 2.04. The highest BCUT2D eigenvalue weighted by Crippen LogP contribution is 2.14. The van der Waals surface area contributed by atoms with Gasteiger partial charge in [-0.1, -0.05) is 13.3 Å². The van der Waals surface area contributed by atoms with Crippen molar-refractivity contribution < 1.29 is 0 Å². The largest absolute Gasteiger partial charge is 0.330 e. The molecule has 0 aliphatic heterocycles. The molecule has 0 aliphatic carbocycles. The van der Waals surface area contributed by atoms with E-state index in [2.05, 4.69) is 22.6 Å². The SMILES string of the molecule is CCC(CCN)CCCNCc1csc(C)n1. The maximum Gasteiger partial charge on any atom is 0.0897 e. The standard InChI is InChI=1S/C13H25N3S/c1-3-12(6-7-14)5-4-8-15-9-13-10-17-11(2)16-13/h10,12,15H,3-9,14H2,1-2H3. The number of aryl methyl sites for hydroxylation is 1. The summed E-state index contributed by atoms with van der Waals surface area (Å²) < 4.78 is 0. The number of rotatable bonds is 9. The van der Waals surface area contributed by atoms with Gasteiger partial charge < -0.3 is 11.1 Å². The fraction of sp³-hybridized carbons (Fsp3) is 0.769. The molecule has 1 atom stereocenters. The van der Waals surface area contributed by atoms with Gasteiger partial charge in [0.15, 0.2) is 0 Å². The fourth-order valence-corrected chi connectivity index (χ4v) is 2.62. The molecule has 4 heteroatoms. The first-order valence-electron chi connectivity index (χ1n) is 6.58. The highest BCUT2D eigenvalue weighted by molar-refractivity contribution is 7.09. The first-order chi connectivity index (χ1) is 8.26. The van der Waals surface area contributed by atoms with Gasteiger partial charge in [0.05, 0.1) is 10.7 Å². The Hall–Kier alpha value is -0.450. The van der Waals surface area contributed by atoms with E-state index in [1.54, 1.807) is 11.3 Å². The molecule has 0 spiro atoms. The molecule has 1 aromatic heterocycles. The zero-order valence-corrected chi connectivity index (χ0v) is 11.9. The van der Waals surface area contributed by atoms with Crippen LogP contribution in [0.5, 0.6) is 0 Å². The summed E-state index contributed by atoms with van der Waals surface area (Å²) in [6.45, 7) is 7.11. The first kappa shape index (κ1) is 14.6. The molecule has 17 heavy (non-hydrogen) atoms. The third-order valence-corrected chi connectivity index (χ3v) is 3.91. The lowest BCUT2D eigenvalue weighted by Gasteiger charge is -2.13. The van der Waals surface area contributed by atoms with Crippen LogP contribution in [0.15, 0.2) is 5.38 Å². The average molecular weight is 255 g/mol. The zero-order chi connectivity index (χ0) is 12.5. The molecule has 0 amide bonds. The predicted octanol–water partition coefficient (Wildman–Crippen LogP) is 2.70. The summed E-state index contributed by atoms with van der Waals surface area (Å²) in [5, 5.41) is 6.73. The monoisotopic (exact) mass is 255 g/mol. The maximum atomic E-state index is 5.59. The Morgan fingerprint density at radius 2 is 2.29 bits per heavy atom. The second-order valence-electron chi connectivity index (χ2n) is 4.53. The van der Waals surface area contributed by atoms with Crippen LogP contribution in [-0.4, -0.2) is 18.1 Å². The van der Waals surface area contributed by atoms with E-state index in [4.69, 9.17) is 5.73 Å². The molecular formula is C13H25N3S. The average Bonchev–Trinajstić information content (AvgIpc) is 2.73. The Morgan fingerprint density at radius 1 is 1.47 bits per heavy atom. The topological polar surface area (TPSA) is 50.9 Å². The molecule has 1 aromatic rings. The molecule has 0 aliphatic rings. The van der Waals surface area contributed by atoms with Crippen LogP contribution >= 0.6 is 11.3 Å². The zero-order valence-electron chi connectivity index (χ0n) is 11.0. The van der Waals surface area contributed by atoms with Gasteiger partial charge in [-0.2, -0.15) is 0 Å². The lowest BCUT2D eigenvalue weighted by molar-refractivity contribution is 0.422. The van der Waals surface area contributed by atoms with Crippen LogP contribution in [-0.2, 0) is 6.54 Å². The van der Waals surface area contributed by atoms with Gasteiger partial charge in [0.2, 0.25) is 0 Å². The van der Waals surface area contributed by atoms with Gasteiger partial charge in [-0.05, 0) is 45.2 Å². The quantitative estimate of drug-likeness (QED) is 0.667. The van der Waals surface area contributed by atoms with Gasteiger partial charge in [0.1, 0.15) is 0 Å². The van der Waals surface area contributed by atoms with E-state index in [9.17, 15) is 0 Å². The molecule has 0 radical (unpaired) electrons. The predicted molar refractivity (Wildman–Crippen MR) is 75.2 cm³/mol. The number of hydrogen-bond acceptors (Lipinski definition) is 4. The Morgan fingerprint density at radius 3 is 2.88 bits per heavy atom. The lowest BCUT2D eigenvalue weighted by atomic mass is 9.97. The fourth-order valence-electron chi connectivity index (χ4n) is 2.01. The van der Waals surface area contributed by atoms with Gasteiger partial charge in [0, 0.05) is 11.9 Å². The maximum absolute atomic E-state index is 5.59. The van der Waals surface area contributed by atoms with Crippen LogP contribution in [0.3, 0.4) is 0 Å². The van der Waals surface area contributed by atoms with E-state index in [-0.39, 0.29) is 0 Å². The van der Waals surface area contributed by atoms with Crippen LogP contribution in [0, 0.1) is 12.8 Å². The van der Waals surface area contributed by atoms with Crippen molar-refractivity contribution in [2.45, 2.75) is 46.1 Å². The summed E-state index contributed by atoms with van der Waals surface area (Å²) in [6, 6.07) is 0. The molecule has 0 bridgehead atoms. The molecule has 1 unspecified atom stereocenters. The summed E-state index contributed by atoms with van der Waals surface area (Å²) in [6.07, 6.45) is 4.95. The van der Waals surface area contributed by atoms with E-state index in [0.717, 1.165) is 30.6 Å². The number of hydrogen-bond donors (Lipinski definition) is 2. The molecule has 3 nitrogen and oxygen atoms in total. The molecule has 0 fully saturated rings. The van der Waals surface area contributed by atoms with Crippen molar-refractivity contribution >= 4 is 11.3 Å². The third kappa shape index (κ3) is 6.15. The van der Waals surface area contributed by atoms with Crippen LogP contribution in [0.4, 0.5) is 0 Å². The summed E-state index contributed by atoms with van der Waals surface area (Å²) in [5.74, 6) is 0.809. The molecule has 98 valence electrons. The van der Waals surface area contributed by atoms with E-state index in [0.29, 0.717) is 0 Å². The van der Waals surface area contributed by atoms with Crippen LogP contribution in [0.1, 0.15) is 43.3 Å². The van der Waals surface area contributed by atoms with Crippen LogP contribution in [0.25, 0.3) is 0 Å².